The SMILES string of the molecule is CC(C)C[C@H](CN)CC(=O)N(C)CC1CCCC1. The highest BCUT2D eigenvalue weighted by Gasteiger charge is 2.21. The number of hydrogen-bond donors (Lipinski definition) is 1. The molecule has 3 nitrogen and oxygen atoms in total. The Hall–Kier alpha value is -0.570. The number of nitrogens with two attached hydrogens (primary N) is 1. The monoisotopic (exact) mass is 254 g/mol. The van der Waals surface area contributed by atoms with E-state index in [1.165, 1.54) is 25.7 Å². The van der Waals surface area contributed by atoms with Crippen LogP contribution in [-0.4, -0.2) is 30.9 Å². The third-order valence-electron chi connectivity index (χ3n) is 4.03. The van der Waals surface area contributed by atoms with E-state index in [0.717, 1.165) is 18.9 Å². The van der Waals surface area contributed by atoms with Crippen molar-refractivity contribution in [3.8, 4) is 0 Å². The number of hydrogen-bond acceptors (Lipinski definition) is 2. The Balaban J connectivity index is 2.32. The summed E-state index contributed by atoms with van der Waals surface area (Å²) in [6.07, 6.45) is 6.95. The van der Waals surface area contributed by atoms with Crippen molar-refractivity contribution < 1.29 is 4.79 Å². The lowest BCUT2D eigenvalue weighted by atomic mass is 9.93. The maximum atomic E-state index is 12.2. The van der Waals surface area contributed by atoms with Crippen molar-refractivity contribution in [3.05, 3.63) is 0 Å². The molecule has 0 aromatic heterocycles. The summed E-state index contributed by atoms with van der Waals surface area (Å²) in [5, 5.41) is 0. The molecule has 1 aliphatic carbocycles. The van der Waals surface area contributed by atoms with E-state index in [1.54, 1.807) is 0 Å². The van der Waals surface area contributed by atoms with E-state index in [1.807, 2.05) is 11.9 Å². The zero-order chi connectivity index (χ0) is 13.5. The van der Waals surface area contributed by atoms with Crippen molar-refractivity contribution in [1.29, 1.82) is 0 Å². The van der Waals surface area contributed by atoms with Gasteiger partial charge in [-0.1, -0.05) is 26.7 Å². The quantitative estimate of drug-likeness (QED) is 0.759. The highest BCUT2D eigenvalue weighted by atomic mass is 16.2. The molecule has 0 heterocycles. The molecule has 3 heteroatoms. The Labute approximate surface area is 112 Å². The van der Waals surface area contributed by atoms with Crippen molar-refractivity contribution in [2.24, 2.45) is 23.5 Å². The van der Waals surface area contributed by atoms with Crippen LogP contribution in [0.3, 0.4) is 0 Å². The zero-order valence-electron chi connectivity index (χ0n) is 12.3. The predicted molar refractivity (Wildman–Crippen MR) is 76.2 cm³/mol. The van der Waals surface area contributed by atoms with Crippen LogP contribution < -0.4 is 5.73 Å². The molecule has 0 aliphatic heterocycles. The van der Waals surface area contributed by atoms with Crippen molar-refractivity contribution in [3.63, 3.8) is 0 Å². The van der Waals surface area contributed by atoms with Gasteiger partial charge in [0.1, 0.15) is 0 Å². The second-order valence-electron chi connectivity index (χ2n) is 6.36. The van der Waals surface area contributed by atoms with Crippen LogP contribution in [0, 0.1) is 17.8 Å². The minimum absolute atomic E-state index is 0.276. The summed E-state index contributed by atoms with van der Waals surface area (Å²) in [6.45, 7) is 5.95. The third-order valence-corrected chi connectivity index (χ3v) is 4.03. The van der Waals surface area contributed by atoms with Gasteiger partial charge in [-0.05, 0) is 43.6 Å². The molecule has 1 fully saturated rings. The zero-order valence-corrected chi connectivity index (χ0v) is 12.3. The summed E-state index contributed by atoms with van der Waals surface area (Å²) >= 11 is 0. The van der Waals surface area contributed by atoms with Gasteiger partial charge in [0.25, 0.3) is 0 Å². The molecule has 0 spiro atoms. The Kier molecular flexibility index (Phi) is 6.69. The summed E-state index contributed by atoms with van der Waals surface area (Å²) in [7, 11) is 1.95. The lowest BCUT2D eigenvalue weighted by molar-refractivity contribution is -0.131. The van der Waals surface area contributed by atoms with Gasteiger partial charge in [0.05, 0.1) is 0 Å². The van der Waals surface area contributed by atoms with Crippen molar-refractivity contribution >= 4 is 5.91 Å². The fourth-order valence-corrected chi connectivity index (χ4v) is 3.01. The molecule has 0 unspecified atom stereocenters. The molecule has 2 N–H and O–H groups in total. The third kappa shape index (κ3) is 5.38. The summed E-state index contributed by atoms with van der Waals surface area (Å²) in [4.78, 5) is 14.1. The fraction of sp³-hybridized carbons (Fsp3) is 0.933. The van der Waals surface area contributed by atoms with Crippen LogP contribution in [-0.2, 0) is 4.79 Å². The molecule has 1 amide bonds. The Morgan fingerprint density at radius 2 is 1.94 bits per heavy atom. The first-order valence-electron chi connectivity index (χ1n) is 7.47. The minimum atomic E-state index is 0.276. The fourth-order valence-electron chi connectivity index (χ4n) is 3.01. The van der Waals surface area contributed by atoms with E-state index >= 15 is 0 Å². The van der Waals surface area contributed by atoms with E-state index in [4.69, 9.17) is 5.73 Å². The van der Waals surface area contributed by atoms with Gasteiger partial charge in [-0.15, -0.1) is 0 Å². The molecule has 1 rings (SSSR count). The van der Waals surface area contributed by atoms with Crippen molar-refractivity contribution in [1.82, 2.24) is 4.90 Å². The number of amides is 1. The topological polar surface area (TPSA) is 46.3 Å². The summed E-state index contributed by atoms with van der Waals surface area (Å²) in [5.41, 5.74) is 5.76. The van der Waals surface area contributed by atoms with Gasteiger partial charge in [-0.2, -0.15) is 0 Å². The highest BCUT2D eigenvalue weighted by molar-refractivity contribution is 5.76. The van der Waals surface area contributed by atoms with Gasteiger partial charge in [0, 0.05) is 20.0 Å². The molecule has 1 atom stereocenters. The summed E-state index contributed by atoms with van der Waals surface area (Å²) in [5.74, 6) is 1.98. The van der Waals surface area contributed by atoms with Crippen LogP contribution in [0.4, 0.5) is 0 Å². The van der Waals surface area contributed by atoms with Gasteiger partial charge in [0.15, 0.2) is 0 Å². The molecule has 1 aliphatic rings. The second kappa shape index (κ2) is 7.78. The lowest BCUT2D eigenvalue weighted by Gasteiger charge is -2.24. The molecule has 1 saturated carbocycles. The van der Waals surface area contributed by atoms with Crippen LogP contribution in [0.15, 0.2) is 0 Å². The van der Waals surface area contributed by atoms with Gasteiger partial charge in [0.2, 0.25) is 5.91 Å². The normalized spacial score (nSPS) is 18.3. The molecule has 0 radical (unpaired) electrons. The molecule has 18 heavy (non-hydrogen) atoms. The van der Waals surface area contributed by atoms with Gasteiger partial charge in [-0.25, -0.2) is 0 Å². The van der Waals surface area contributed by atoms with Crippen molar-refractivity contribution in [2.75, 3.05) is 20.1 Å². The van der Waals surface area contributed by atoms with E-state index in [0.29, 0.717) is 24.8 Å². The summed E-state index contributed by atoms with van der Waals surface area (Å²) < 4.78 is 0. The van der Waals surface area contributed by atoms with Crippen LogP contribution in [0.1, 0.15) is 52.4 Å². The lowest BCUT2D eigenvalue weighted by Crippen LogP contribution is -2.33. The first-order chi connectivity index (χ1) is 8.52. The first kappa shape index (κ1) is 15.5. The largest absolute Gasteiger partial charge is 0.345 e. The number of carbonyl (C=O) groups excluding carboxylic acids is 1. The average molecular weight is 254 g/mol. The van der Waals surface area contributed by atoms with E-state index in [2.05, 4.69) is 13.8 Å². The van der Waals surface area contributed by atoms with Crippen LogP contribution >= 0.6 is 0 Å². The molecule has 0 bridgehead atoms. The Bertz CT molecular complexity index is 247. The number of carbonyl (C=O) groups is 1. The highest BCUT2D eigenvalue weighted by Crippen LogP contribution is 2.25. The standard InChI is InChI=1S/C15H30N2O/c1-12(2)8-14(10-16)9-15(18)17(3)11-13-6-4-5-7-13/h12-14H,4-11,16H2,1-3H3/t14-/m0/s1. The molecule has 106 valence electrons. The predicted octanol–water partition coefficient (Wildman–Crippen LogP) is 2.65. The second-order valence-corrected chi connectivity index (χ2v) is 6.36. The van der Waals surface area contributed by atoms with Crippen LogP contribution in [0.5, 0.6) is 0 Å². The minimum Gasteiger partial charge on any atom is -0.345 e. The van der Waals surface area contributed by atoms with E-state index in [-0.39, 0.29) is 5.91 Å². The van der Waals surface area contributed by atoms with Crippen LogP contribution in [0.25, 0.3) is 0 Å². The summed E-state index contributed by atoms with van der Waals surface area (Å²) in [6, 6.07) is 0. The molecular weight excluding hydrogens is 224 g/mol. The Morgan fingerprint density at radius 1 is 1.33 bits per heavy atom. The van der Waals surface area contributed by atoms with Gasteiger partial charge in [-0.3, -0.25) is 4.79 Å². The van der Waals surface area contributed by atoms with Crippen molar-refractivity contribution in [2.45, 2.75) is 52.4 Å². The maximum Gasteiger partial charge on any atom is 0.222 e. The Morgan fingerprint density at radius 3 is 2.44 bits per heavy atom. The first-order valence-corrected chi connectivity index (χ1v) is 7.47. The smallest absolute Gasteiger partial charge is 0.222 e. The molecular formula is C15H30N2O. The van der Waals surface area contributed by atoms with Gasteiger partial charge >= 0.3 is 0 Å². The van der Waals surface area contributed by atoms with Crippen LogP contribution in [0.2, 0.25) is 0 Å². The average Bonchev–Trinajstić information content (AvgIpc) is 2.80. The van der Waals surface area contributed by atoms with E-state index in [9.17, 15) is 4.79 Å². The molecule has 0 aromatic rings. The molecule has 0 aromatic carbocycles. The molecule has 0 saturated heterocycles. The number of nitrogens with zero attached hydrogens (tertiary/aromatic N) is 1. The maximum absolute atomic E-state index is 12.2. The van der Waals surface area contributed by atoms with Gasteiger partial charge < -0.3 is 10.6 Å². The number of rotatable bonds is 7. The van der Waals surface area contributed by atoms with E-state index < -0.39 is 0 Å².